The highest BCUT2D eigenvalue weighted by Crippen LogP contribution is 2.62. The Kier molecular flexibility index (Phi) is 5.83. The summed E-state index contributed by atoms with van der Waals surface area (Å²) < 4.78 is 9.33. The van der Waals surface area contributed by atoms with Crippen molar-refractivity contribution in [2.24, 2.45) is 0 Å². The average molecular weight is 713 g/mol. The third-order valence-electron chi connectivity index (χ3n) is 12.5. The zero-order chi connectivity index (χ0) is 36.5. The van der Waals surface area contributed by atoms with Gasteiger partial charge in [-0.15, -0.1) is 0 Å². The molecule has 1 aliphatic carbocycles. The van der Waals surface area contributed by atoms with Crippen molar-refractivity contribution in [1.82, 2.24) is 4.57 Å². The van der Waals surface area contributed by atoms with Crippen molar-refractivity contribution in [2.45, 2.75) is 5.41 Å². The molecule has 1 unspecified atom stereocenters. The van der Waals surface area contributed by atoms with Crippen molar-refractivity contribution in [2.75, 3.05) is 4.90 Å². The van der Waals surface area contributed by atoms with Crippen molar-refractivity contribution in [3.63, 3.8) is 0 Å². The standard InChI is InChI=1S/C53H32N2O/c1-2-17-34(18-3-1)54(46-27-14-16-33-15-4-5-19-36(33)46)35-29-30-43-40(31-35)37-20-6-9-23-42(37)53(43)44-24-10-12-26-48(44)55-47-25-11-7-22-39(47)50-51(55)45(53)32-41-38-21-8-13-28-49(38)56-52(41)50/h1-32H. The van der Waals surface area contributed by atoms with Gasteiger partial charge in [-0.05, 0) is 93.4 Å². The Bertz CT molecular complexity index is 3440. The highest BCUT2D eigenvalue weighted by molar-refractivity contribution is 6.26. The number of rotatable bonds is 3. The Balaban J connectivity index is 1.18. The number of aromatic nitrogens is 1. The molecular formula is C53H32N2O. The van der Waals surface area contributed by atoms with E-state index in [0.717, 1.165) is 39.0 Å². The molecule has 11 aromatic rings. The van der Waals surface area contributed by atoms with Crippen LogP contribution >= 0.6 is 0 Å². The van der Waals surface area contributed by atoms with Crippen LogP contribution in [0.3, 0.4) is 0 Å². The molecule has 0 saturated carbocycles. The van der Waals surface area contributed by atoms with Crippen molar-refractivity contribution in [1.29, 1.82) is 0 Å². The molecule has 3 heteroatoms. The lowest BCUT2D eigenvalue weighted by Crippen LogP contribution is -2.33. The predicted molar refractivity (Wildman–Crippen MR) is 231 cm³/mol. The first kappa shape index (κ1) is 30.0. The van der Waals surface area contributed by atoms with Gasteiger partial charge in [-0.25, -0.2) is 0 Å². The van der Waals surface area contributed by atoms with E-state index in [0.29, 0.717) is 0 Å². The smallest absolute Gasteiger partial charge is 0.145 e. The summed E-state index contributed by atoms with van der Waals surface area (Å²) in [5.74, 6) is 0. The number of para-hydroxylation sites is 4. The van der Waals surface area contributed by atoms with Crippen LogP contribution in [0.5, 0.6) is 0 Å². The van der Waals surface area contributed by atoms with Gasteiger partial charge in [0.15, 0.2) is 0 Å². The molecule has 0 saturated heterocycles. The van der Waals surface area contributed by atoms with Crippen LogP contribution in [0, 0.1) is 0 Å². The second-order valence-corrected chi connectivity index (χ2v) is 15.2. The summed E-state index contributed by atoms with van der Waals surface area (Å²) in [5.41, 5.74) is 16.0. The molecule has 3 heterocycles. The first-order valence-corrected chi connectivity index (χ1v) is 19.4. The molecule has 260 valence electrons. The van der Waals surface area contributed by atoms with Crippen LogP contribution in [0.25, 0.3) is 71.3 Å². The van der Waals surface area contributed by atoms with E-state index >= 15 is 0 Å². The van der Waals surface area contributed by atoms with Crippen LogP contribution in [0.4, 0.5) is 17.1 Å². The van der Waals surface area contributed by atoms with Gasteiger partial charge < -0.3 is 13.9 Å². The van der Waals surface area contributed by atoms with E-state index in [9.17, 15) is 0 Å². The molecule has 1 atom stereocenters. The summed E-state index contributed by atoms with van der Waals surface area (Å²) in [7, 11) is 0. The maximum atomic E-state index is 6.83. The van der Waals surface area contributed by atoms with Crippen molar-refractivity contribution in [3.05, 3.63) is 216 Å². The van der Waals surface area contributed by atoms with Gasteiger partial charge in [0.25, 0.3) is 0 Å². The van der Waals surface area contributed by atoms with E-state index in [1.54, 1.807) is 0 Å². The molecule has 2 aliphatic rings. The molecule has 1 spiro atoms. The summed E-state index contributed by atoms with van der Waals surface area (Å²) >= 11 is 0. The predicted octanol–water partition coefficient (Wildman–Crippen LogP) is 14.0. The second-order valence-electron chi connectivity index (χ2n) is 15.2. The van der Waals surface area contributed by atoms with Gasteiger partial charge in [0.1, 0.15) is 11.2 Å². The van der Waals surface area contributed by atoms with Crippen LogP contribution < -0.4 is 4.90 Å². The first-order valence-electron chi connectivity index (χ1n) is 19.4. The van der Waals surface area contributed by atoms with Gasteiger partial charge in [0, 0.05) is 32.9 Å². The SMILES string of the molecule is c1ccc(N(c2ccc3c(c2)-c2ccccc2C32c3ccccc3-n3c4ccccc4c4c5oc6ccccc6c5cc2c43)c2cccc3ccccc23)cc1. The van der Waals surface area contributed by atoms with Crippen molar-refractivity contribution >= 4 is 71.6 Å². The van der Waals surface area contributed by atoms with E-state index in [1.165, 1.54) is 71.6 Å². The molecule has 0 bridgehead atoms. The lowest BCUT2D eigenvalue weighted by atomic mass is 9.65. The average Bonchev–Trinajstić information content (AvgIpc) is 3.90. The molecule has 13 rings (SSSR count). The van der Waals surface area contributed by atoms with Crippen LogP contribution in [0.2, 0.25) is 0 Å². The van der Waals surface area contributed by atoms with Gasteiger partial charge >= 0.3 is 0 Å². The van der Waals surface area contributed by atoms with Crippen molar-refractivity contribution < 1.29 is 4.42 Å². The minimum absolute atomic E-state index is 0.576. The third kappa shape index (κ3) is 3.67. The molecule has 56 heavy (non-hydrogen) atoms. The van der Waals surface area contributed by atoms with Gasteiger partial charge in [-0.2, -0.15) is 0 Å². The Morgan fingerprint density at radius 2 is 1.14 bits per heavy atom. The van der Waals surface area contributed by atoms with Crippen LogP contribution in [0.15, 0.2) is 199 Å². The zero-order valence-corrected chi connectivity index (χ0v) is 30.3. The molecule has 3 nitrogen and oxygen atoms in total. The molecule has 0 radical (unpaired) electrons. The van der Waals surface area contributed by atoms with E-state index in [2.05, 4.69) is 204 Å². The Morgan fingerprint density at radius 1 is 0.446 bits per heavy atom. The largest absolute Gasteiger partial charge is 0.455 e. The Morgan fingerprint density at radius 3 is 2.05 bits per heavy atom. The van der Waals surface area contributed by atoms with Crippen LogP contribution in [-0.2, 0) is 5.41 Å². The van der Waals surface area contributed by atoms with E-state index in [-0.39, 0.29) is 0 Å². The number of anilines is 3. The molecular weight excluding hydrogens is 681 g/mol. The molecule has 0 fully saturated rings. The summed E-state index contributed by atoms with van der Waals surface area (Å²) in [4.78, 5) is 2.42. The van der Waals surface area contributed by atoms with Gasteiger partial charge in [-0.3, -0.25) is 0 Å². The number of benzene rings is 9. The molecule has 1 aliphatic heterocycles. The van der Waals surface area contributed by atoms with E-state index in [1.807, 2.05) is 0 Å². The molecule has 0 N–H and O–H groups in total. The fraction of sp³-hybridized carbons (Fsp3) is 0.0189. The maximum absolute atomic E-state index is 6.83. The summed E-state index contributed by atoms with van der Waals surface area (Å²) in [6.45, 7) is 0. The van der Waals surface area contributed by atoms with E-state index < -0.39 is 5.41 Å². The third-order valence-corrected chi connectivity index (χ3v) is 12.5. The molecule has 0 amide bonds. The van der Waals surface area contributed by atoms with Crippen LogP contribution in [-0.4, -0.2) is 4.57 Å². The number of nitrogens with zero attached hydrogens (tertiary/aromatic N) is 2. The summed E-state index contributed by atoms with van der Waals surface area (Å²) in [5, 5.41) is 7.10. The normalized spacial score (nSPS) is 15.2. The summed E-state index contributed by atoms with van der Waals surface area (Å²) in [6, 6.07) is 71.2. The molecule has 9 aromatic carbocycles. The fourth-order valence-electron chi connectivity index (χ4n) is 10.4. The topological polar surface area (TPSA) is 21.3 Å². The lowest BCUT2D eigenvalue weighted by Gasteiger charge is -2.39. The molecule has 2 aromatic heterocycles. The first-order chi connectivity index (χ1) is 27.8. The second kappa shape index (κ2) is 10.9. The minimum Gasteiger partial charge on any atom is -0.455 e. The number of fused-ring (bicyclic) bond motifs is 17. The highest BCUT2D eigenvalue weighted by atomic mass is 16.3. The Hall–Kier alpha value is -7.36. The Labute approximate surface area is 322 Å². The minimum atomic E-state index is -0.576. The number of hydrogen-bond acceptors (Lipinski definition) is 2. The van der Waals surface area contributed by atoms with Crippen LogP contribution in [0.1, 0.15) is 22.3 Å². The van der Waals surface area contributed by atoms with Gasteiger partial charge in [0.2, 0.25) is 0 Å². The maximum Gasteiger partial charge on any atom is 0.145 e. The lowest BCUT2D eigenvalue weighted by molar-refractivity contribution is 0.672. The highest BCUT2D eigenvalue weighted by Gasteiger charge is 2.51. The van der Waals surface area contributed by atoms with Gasteiger partial charge in [-0.1, -0.05) is 140 Å². The zero-order valence-electron chi connectivity index (χ0n) is 30.3. The summed E-state index contributed by atoms with van der Waals surface area (Å²) in [6.07, 6.45) is 0. The number of hydrogen-bond donors (Lipinski definition) is 0. The van der Waals surface area contributed by atoms with Crippen molar-refractivity contribution in [3.8, 4) is 16.8 Å². The number of furan rings is 1. The quantitative estimate of drug-likeness (QED) is 0.182. The van der Waals surface area contributed by atoms with Gasteiger partial charge in [0.05, 0.1) is 33.2 Å². The monoisotopic (exact) mass is 712 g/mol. The fourth-order valence-corrected chi connectivity index (χ4v) is 10.4. The van der Waals surface area contributed by atoms with E-state index in [4.69, 9.17) is 4.42 Å².